The molecule has 13 heavy (non-hydrogen) atoms. The van der Waals surface area contributed by atoms with Crippen molar-refractivity contribution >= 4 is 0 Å². The van der Waals surface area contributed by atoms with E-state index in [0.29, 0.717) is 0 Å². The molecule has 1 saturated heterocycles. The Bertz CT molecular complexity index is 147. The lowest BCUT2D eigenvalue weighted by Gasteiger charge is -2.37. The maximum absolute atomic E-state index is 9.34. The topological polar surface area (TPSA) is 118 Å². The van der Waals surface area contributed by atoms with E-state index < -0.39 is 30.4 Å². The number of quaternary nitrogens is 1. The smallest absolute Gasteiger partial charge is 0.138 e. The third-order valence-electron chi connectivity index (χ3n) is 2.49. The fraction of sp³-hybridized carbons (Fsp3) is 1.00. The molecule has 78 valence electrons. The van der Waals surface area contributed by atoms with Crippen LogP contribution in [0.3, 0.4) is 0 Å². The first-order valence-corrected chi connectivity index (χ1v) is 4.22. The van der Waals surface area contributed by atoms with Crippen molar-refractivity contribution in [2.45, 2.75) is 30.4 Å². The second-order valence-electron chi connectivity index (χ2n) is 3.36. The monoisotopic (exact) mass is 194 g/mol. The van der Waals surface area contributed by atoms with Crippen LogP contribution in [0, 0.1) is 0 Å². The van der Waals surface area contributed by atoms with Gasteiger partial charge in [0, 0.05) is 0 Å². The highest BCUT2D eigenvalue weighted by atomic mass is 16.4. The summed E-state index contributed by atoms with van der Waals surface area (Å²) in [6.45, 7) is -0.608. The molecule has 0 aromatic heterocycles. The molecule has 1 fully saturated rings. The zero-order chi connectivity index (χ0) is 10.0. The van der Waals surface area contributed by atoms with Crippen LogP contribution < -0.4 is 5.32 Å². The first kappa shape index (κ1) is 10.8. The molecule has 0 bridgehead atoms. The molecule has 0 unspecified atom stereocenters. The Balaban J connectivity index is 2.66. The average Bonchev–Trinajstić information content (AvgIpc) is 2.15. The van der Waals surface area contributed by atoms with Gasteiger partial charge in [-0.1, -0.05) is 0 Å². The van der Waals surface area contributed by atoms with Crippen LogP contribution >= 0.6 is 0 Å². The minimum atomic E-state index is -1.31. The molecule has 7 N–H and O–H groups in total. The average molecular weight is 194 g/mol. The molecule has 1 heterocycles. The molecular formula is C7H16NO5+. The maximum atomic E-state index is 9.34. The van der Waals surface area contributed by atoms with Crippen LogP contribution in [-0.4, -0.2) is 69.1 Å². The van der Waals surface area contributed by atoms with Crippen LogP contribution in [0.25, 0.3) is 0 Å². The molecular weight excluding hydrogens is 178 g/mol. The van der Waals surface area contributed by atoms with Gasteiger partial charge in [0.25, 0.3) is 0 Å². The number of aliphatic hydroxyl groups excluding tert-OH is 5. The molecule has 0 saturated carbocycles. The molecule has 6 heteroatoms. The van der Waals surface area contributed by atoms with E-state index in [1.165, 1.54) is 5.32 Å². The van der Waals surface area contributed by atoms with E-state index in [0.717, 1.165) is 0 Å². The largest absolute Gasteiger partial charge is 0.390 e. The minimum Gasteiger partial charge on any atom is -0.390 e. The summed E-state index contributed by atoms with van der Waals surface area (Å²) in [6, 6.07) is -1.17. The Labute approximate surface area is 75.4 Å². The molecule has 0 amide bonds. The summed E-state index contributed by atoms with van der Waals surface area (Å²) in [5, 5.41) is 47.1. The number of nitrogens with two attached hydrogens (primary N) is 1. The van der Waals surface area contributed by atoms with Crippen molar-refractivity contribution in [2.75, 3.05) is 13.2 Å². The summed E-state index contributed by atoms with van der Waals surface area (Å²) in [4.78, 5) is 0. The van der Waals surface area contributed by atoms with E-state index in [2.05, 4.69) is 0 Å². The highest BCUT2D eigenvalue weighted by Gasteiger charge is 2.45. The Hall–Kier alpha value is -0.240. The van der Waals surface area contributed by atoms with Crippen molar-refractivity contribution in [3.8, 4) is 0 Å². The molecule has 0 aliphatic carbocycles. The molecule has 1 rings (SSSR count). The van der Waals surface area contributed by atoms with E-state index in [4.69, 9.17) is 10.2 Å². The van der Waals surface area contributed by atoms with Crippen molar-refractivity contribution in [2.24, 2.45) is 0 Å². The van der Waals surface area contributed by atoms with Gasteiger partial charge in [0.1, 0.15) is 30.4 Å². The van der Waals surface area contributed by atoms with Gasteiger partial charge >= 0.3 is 0 Å². The molecule has 0 aromatic carbocycles. The van der Waals surface area contributed by atoms with Crippen LogP contribution in [-0.2, 0) is 0 Å². The zero-order valence-corrected chi connectivity index (χ0v) is 7.11. The van der Waals surface area contributed by atoms with Crippen molar-refractivity contribution < 1.29 is 30.8 Å². The van der Waals surface area contributed by atoms with Gasteiger partial charge in [0.2, 0.25) is 0 Å². The van der Waals surface area contributed by atoms with Crippen LogP contribution in [0.2, 0.25) is 0 Å². The van der Waals surface area contributed by atoms with Gasteiger partial charge in [-0.15, -0.1) is 0 Å². The predicted molar refractivity (Wildman–Crippen MR) is 41.7 cm³/mol. The number of rotatable bonds is 2. The summed E-state index contributed by atoms with van der Waals surface area (Å²) in [6.07, 6.45) is -3.63. The van der Waals surface area contributed by atoms with E-state index in [1.807, 2.05) is 0 Å². The normalized spacial score (nSPS) is 46.4. The molecule has 4 atom stereocenters. The highest BCUT2D eigenvalue weighted by molar-refractivity contribution is 4.88. The molecule has 1 aliphatic rings. The Morgan fingerprint density at radius 1 is 0.769 bits per heavy atom. The van der Waals surface area contributed by atoms with Crippen LogP contribution in [0.4, 0.5) is 0 Å². The number of piperidine rings is 1. The molecule has 0 spiro atoms. The van der Waals surface area contributed by atoms with Gasteiger partial charge in [0.05, 0.1) is 13.2 Å². The first-order chi connectivity index (χ1) is 6.11. The number of hydrogen-bond acceptors (Lipinski definition) is 5. The third kappa shape index (κ3) is 1.98. The molecule has 6 nitrogen and oxygen atoms in total. The van der Waals surface area contributed by atoms with Gasteiger partial charge in [-0.3, -0.25) is 0 Å². The SMILES string of the molecule is OC[C@@H]1[NH2+][C@@H](CO)[C@@H](O)C(O)[C@@H]1O. The lowest BCUT2D eigenvalue weighted by Crippen LogP contribution is -3.04. The van der Waals surface area contributed by atoms with Crippen LogP contribution in [0.5, 0.6) is 0 Å². The standard InChI is InChI=1S/C7H15NO5/c9-1-3-5(11)7(13)6(12)4(2-10)8-3/h3-13H,1-2H2/p+1/t3-,4-,5+,6+/m0/s1. The van der Waals surface area contributed by atoms with Gasteiger partial charge < -0.3 is 30.8 Å². The third-order valence-corrected chi connectivity index (χ3v) is 2.49. The lowest BCUT2D eigenvalue weighted by molar-refractivity contribution is -0.750. The van der Waals surface area contributed by atoms with E-state index in [9.17, 15) is 15.3 Å². The van der Waals surface area contributed by atoms with Crippen molar-refractivity contribution in [1.29, 1.82) is 0 Å². The quantitative estimate of drug-likeness (QED) is 0.264. The summed E-state index contributed by atoms with van der Waals surface area (Å²) in [7, 11) is 0. The molecule has 1 aliphatic heterocycles. The van der Waals surface area contributed by atoms with Crippen LogP contribution in [0.1, 0.15) is 0 Å². The van der Waals surface area contributed by atoms with Crippen molar-refractivity contribution in [1.82, 2.24) is 0 Å². The second kappa shape index (κ2) is 4.32. The fourth-order valence-corrected chi connectivity index (χ4v) is 1.59. The summed E-state index contributed by atoms with van der Waals surface area (Å²) >= 11 is 0. The van der Waals surface area contributed by atoms with Crippen molar-refractivity contribution in [3.63, 3.8) is 0 Å². The van der Waals surface area contributed by atoms with Gasteiger partial charge in [-0.05, 0) is 0 Å². The predicted octanol–water partition coefficient (Wildman–Crippen LogP) is -4.63. The zero-order valence-electron chi connectivity index (χ0n) is 7.11. The van der Waals surface area contributed by atoms with Gasteiger partial charge in [0.15, 0.2) is 0 Å². The number of hydrogen-bond donors (Lipinski definition) is 6. The number of aliphatic hydroxyl groups is 5. The first-order valence-electron chi connectivity index (χ1n) is 4.22. The van der Waals surface area contributed by atoms with Gasteiger partial charge in [-0.2, -0.15) is 0 Å². The molecule has 0 radical (unpaired) electrons. The highest BCUT2D eigenvalue weighted by Crippen LogP contribution is 2.09. The van der Waals surface area contributed by atoms with E-state index in [1.54, 1.807) is 0 Å². The van der Waals surface area contributed by atoms with Crippen LogP contribution in [0.15, 0.2) is 0 Å². The Morgan fingerprint density at radius 2 is 1.15 bits per heavy atom. The summed E-state index contributed by atoms with van der Waals surface area (Å²) < 4.78 is 0. The Kier molecular flexibility index (Phi) is 3.60. The molecule has 0 aromatic rings. The summed E-state index contributed by atoms with van der Waals surface area (Å²) in [5.41, 5.74) is 0. The lowest BCUT2D eigenvalue weighted by atomic mass is 9.91. The van der Waals surface area contributed by atoms with Gasteiger partial charge in [-0.25, -0.2) is 0 Å². The maximum Gasteiger partial charge on any atom is 0.138 e. The minimum absolute atomic E-state index is 0.304. The Morgan fingerprint density at radius 3 is 1.46 bits per heavy atom. The van der Waals surface area contributed by atoms with Crippen molar-refractivity contribution in [3.05, 3.63) is 0 Å². The second-order valence-corrected chi connectivity index (χ2v) is 3.36. The fourth-order valence-electron chi connectivity index (χ4n) is 1.59. The summed E-state index contributed by atoms with van der Waals surface area (Å²) in [5.74, 6) is 0. The van der Waals surface area contributed by atoms with E-state index >= 15 is 0 Å². The van der Waals surface area contributed by atoms with E-state index in [-0.39, 0.29) is 13.2 Å².